The number of amides is 1. The van der Waals surface area contributed by atoms with Gasteiger partial charge in [-0.2, -0.15) is 0 Å². The summed E-state index contributed by atoms with van der Waals surface area (Å²) in [6.07, 6.45) is 6.39. The Morgan fingerprint density at radius 1 is 1.37 bits per heavy atom. The van der Waals surface area contributed by atoms with Gasteiger partial charge in [-0.15, -0.1) is 11.3 Å². The number of rotatable bonds is 6. The number of carbonyl (C=O) groups is 1. The highest BCUT2D eigenvalue weighted by molar-refractivity contribution is 7.19. The van der Waals surface area contributed by atoms with E-state index in [2.05, 4.69) is 22.2 Å². The average molecular weight is 402 g/mol. The number of aryl methyl sites for hydroxylation is 1. The highest BCUT2D eigenvalue weighted by Gasteiger charge is 2.12. The molecule has 2 heterocycles. The molecule has 0 spiro atoms. The number of carbonyl (C=O) groups excluding carboxylic acids is 1. The molecule has 0 aliphatic carbocycles. The molecule has 0 saturated heterocycles. The minimum Gasteiger partial charge on any atom is -0.437 e. The van der Waals surface area contributed by atoms with Crippen molar-refractivity contribution in [3.63, 3.8) is 0 Å². The number of nitrogens with one attached hydrogen (secondary N) is 1. The first kappa shape index (κ1) is 19.3. The van der Waals surface area contributed by atoms with Gasteiger partial charge in [-0.3, -0.25) is 4.79 Å². The molecule has 1 atom stereocenters. The van der Waals surface area contributed by atoms with Crippen molar-refractivity contribution in [3.8, 4) is 11.6 Å². The van der Waals surface area contributed by atoms with Crippen LogP contribution >= 0.6 is 22.9 Å². The van der Waals surface area contributed by atoms with Crippen molar-refractivity contribution in [1.29, 1.82) is 0 Å². The Kier molecular flexibility index (Phi) is 6.08. The van der Waals surface area contributed by atoms with Crippen molar-refractivity contribution < 1.29 is 9.53 Å². The van der Waals surface area contributed by atoms with Crippen LogP contribution in [0.15, 0.2) is 36.5 Å². The zero-order valence-electron chi connectivity index (χ0n) is 15.3. The Hall–Kier alpha value is -2.44. The van der Waals surface area contributed by atoms with Crippen LogP contribution < -0.4 is 10.1 Å². The van der Waals surface area contributed by atoms with Gasteiger partial charge >= 0.3 is 0 Å². The molecule has 0 saturated carbocycles. The minimum absolute atomic E-state index is 0.0450. The molecule has 140 valence electrons. The lowest BCUT2D eigenvalue weighted by Gasteiger charge is -2.08. The number of hydrogen-bond acceptors (Lipinski definition) is 5. The zero-order chi connectivity index (χ0) is 19.4. The van der Waals surface area contributed by atoms with Crippen LogP contribution in [-0.2, 0) is 11.2 Å². The Bertz CT molecular complexity index is 983. The third-order valence-corrected chi connectivity index (χ3v) is 5.51. The fourth-order valence-electron chi connectivity index (χ4n) is 2.51. The topological polar surface area (TPSA) is 64.1 Å². The van der Waals surface area contributed by atoms with Crippen molar-refractivity contribution in [1.82, 2.24) is 15.3 Å². The first-order valence-corrected chi connectivity index (χ1v) is 9.83. The highest BCUT2D eigenvalue weighted by Crippen LogP contribution is 2.38. The maximum atomic E-state index is 11.0. The van der Waals surface area contributed by atoms with Gasteiger partial charge < -0.3 is 10.1 Å². The van der Waals surface area contributed by atoms with Crippen molar-refractivity contribution >= 4 is 45.1 Å². The van der Waals surface area contributed by atoms with E-state index in [1.165, 1.54) is 6.92 Å². The summed E-state index contributed by atoms with van der Waals surface area (Å²) in [7, 11) is 0. The fourth-order valence-corrected chi connectivity index (χ4v) is 3.75. The molecule has 1 aromatic carbocycles. The van der Waals surface area contributed by atoms with Crippen molar-refractivity contribution in [3.05, 3.63) is 52.1 Å². The molecular weight excluding hydrogens is 382 g/mol. The second kappa shape index (κ2) is 8.50. The smallest absolute Gasteiger partial charge is 0.219 e. The van der Waals surface area contributed by atoms with Gasteiger partial charge in [0.25, 0.3) is 0 Å². The fraction of sp³-hybridized carbons (Fsp3) is 0.250. The first-order chi connectivity index (χ1) is 13.0. The molecule has 0 radical (unpaired) electrons. The number of fused-ring (bicyclic) bond motifs is 1. The van der Waals surface area contributed by atoms with E-state index in [0.717, 1.165) is 27.2 Å². The second-order valence-electron chi connectivity index (χ2n) is 6.07. The van der Waals surface area contributed by atoms with Crippen LogP contribution in [0, 0.1) is 0 Å². The summed E-state index contributed by atoms with van der Waals surface area (Å²) >= 11 is 8.07. The number of ether oxygens (including phenoxy) is 1. The third-order valence-electron chi connectivity index (χ3n) is 3.79. The molecule has 3 aromatic rings. The number of nitrogens with zero attached hydrogens (tertiary/aromatic N) is 2. The molecule has 3 rings (SSSR count). The molecule has 2 aromatic heterocycles. The Labute approximate surface area is 167 Å². The number of pyridine rings is 1. The van der Waals surface area contributed by atoms with Gasteiger partial charge in [-0.1, -0.05) is 30.7 Å². The summed E-state index contributed by atoms with van der Waals surface area (Å²) in [5.41, 5.74) is 1.80. The maximum Gasteiger partial charge on any atom is 0.219 e. The molecule has 0 unspecified atom stereocenters. The first-order valence-electron chi connectivity index (χ1n) is 8.63. The number of thiazole rings is 1. The van der Waals surface area contributed by atoms with Crippen LogP contribution in [0.4, 0.5) is 0 Å². The summed E-state index contributed by atoms with van der Waals surface area (Å²) < 4.78 is 6.78. The van der Waals surface area contributed by atoms with Crippen LogP contribution in [0.5, 0.6) is 11.6 Å². The van der Waals surface area contributed by atoms with E-state index in [4.69, 9.17) is 16.3 Å². The van der Waals surface area contributed by atoms with Gasteiger partial charge in [0.1, 0.15) is 10.8 Å². The largest absolute Gasteiger partial charge is 0.437 e. The Morgan fingerprint density at radius 3 is 2.85 bits per heavy atom. The predicted molar refractivity (Wildman–Crippen MR) is 111 cm³/mol. The number of halogens is 1. The SMILES string of the molecule is CCc1nc2ccc(Oc3ccc(/C=C/[C@H](C)NC(C)=O)cn3)c(Cl)c2s1. The zero-order valence-corrected chi connectivity index (χ0v) is 16.9. The van der Waals surface area contributed by atoms with E-state index in [0.29, 0.717) is 16.7 Å². The number of hydrogen-bond donors (Lipinski definition) is 1. The molecule has 0 aliphatic heterocycles. The molecule has 1 N–H and O–H groups in total. The quantitative estimate of drug-likeness (QED) is 0.613. The number of benzene rings is 1. The molecule has 5 nitrogen and oxygen atoms in total. The predicted octanol–water partition coefficient (Wildman–Crippen LogP) is 5.24. The molecule has 0 aliphatic rings. The van der Waals surface area contributed by atoms with Crippen LogP contribution in [0.2, 0.25) is 5.02 Å². The van der Waals surface area contributed by atoms with Gasteiger partial charge in [-0.05, 0) is 37.1 Å². The molecular formula is C20H20ClN3O2S. The van der Waals surface area contributed by atoms with Gasteiger partial charge in [0.05, 0.1) is 15.2 Å². The summed E-state index contributed by atoms with van der Waals surface area (Å²) in [5, 5.41) is 4.40. The summed E-state index contributed by atoms with van der Waals surface area (Å²) in [4.78, 5) is 19.9. The maximum absolute atomic E-state index is 11.0. The van der Waals surface area contributed by atoms with E-state index in [1.54, 1.807) is 23.6 Å². The van der Waals surface area contributed by atoms with Crippen molar-refractivity contribution in [2.24, 2.45) is 0 Å². The molecule has 0 bridgehead atoms. The second-order valence-corrected chi connectivity index (χ2v) is 7.53. The molecule has 7 heteroatoms. The minimum atomic E-state index is -0.0603. The van der Waals surface area contributed by atoms with Gasteiger partial charge in [0, 0.05) is 25.2 Å². The lowest BCUT2D eigenvalue weighted by Crippen LogP contribution is -2.28. The van der Waals surface area contributed by atoms with E-state index < -0.39 is 0 Å². The Balaban J connectivity index is 1.73. The monoisotopic (exact) mass is 401 g/mol. The number of aromatic nitrogens is 2. The van der Waals surface area contributed by atoms with Crippen LogP contribution in [0.25, 0.3) is 16.3 Å². The van der Waals surface area contributed by atoms with Crippen molar-refractivity contribution in [2.45, 2.75) is 33.2 Å². The van der Waals surface area contributed by atoms with Gasteiger partial charge in [0.2, 0.25) is 11.8 Å². The normalized spacial score (nSPS) is 12.4. The van der Waals surface area contributed by atoms with Crippen LogP contribution in [0.1, 0.15) is 31.3 Å². The average Bonchev–Trinajstić information content (AvgIpc) is 3.07. The van der Waals surface area contributed by atoms with E-state index in [1.807, 2.05) is 37.3 Å². The standard InChI is InChI=1S/C20H20ClN3O2S/c1-4-18-24-15-8-9-16(19(21)20(15)27-18)26-17-10-7-14(11-22-17)6-5-12(2)23-13(3)25/h5-12H,4H2,1-3H3,(H,23,25)/b6-5+/t12-/m0/s1. The lowest BCUT2D eigenvalue weighted by atomic mass is 10.2. The van der Waals surface area contributed by atoms with E-state index in [-0.39, 0.29) is 11.9 Å². The van der Waals surface area contributed by atoms with Gasteiger partial charge in [0.15, 0.2) is 0 Å². The molecule has 0 fully saturated rings. The van der Waals surface area contributed by atoms with Crippen LogP contribution in [0.3, 0.4) is 0 Å². The lowest BCUT2D eigenvalue weighted by molar-refractivity contribution is -0.119. The third kappa shape index (κ3) is 4.84. The molecule has 1 amide bonds. The summed E-state index contributed by atoms with van der Waals surface area (Å²) in [5.74, 6) is 0.962. The van der Waals surface area contributed by atoms with Crippen LogP contribution in [-0.4, -0.2) is 21.9 Å². The summed E-state index contributed by atoms with van der Waals surface area (Å²) in [6, 6.07) is 7.36. The van der Waals surface area contributed by atoms with Crippen molar-refractivity contribution in [2.75, 3.05) is 0 Å². The Morgan fingerprint density at radius 2 is 2.19 bits per heavy atom. The highest BCUT2D eigenvalue weighted by atomic mass is 35.5. The molecule has 27 heavy (non-hydrogen) atoms. The van der Waals surface area contributed by atoms with E-state index >= 15 is 0 Å². The van der Waals surface area contributed by atoms with Gasteiger partial charge in [-0.25, -0.2) is 9.97 Å². The summed E-state index contributed by atoms with van der Waals surface area (Å²) in [6.45, 7) is 5.47. The van der Waals surface area contributed by atoms with E-state index in [9.17, 15) is 4.79 Å².